The van der Waals surface area contributed by atoms with E-state index < -0.39 is 57.5 Å². The average Bonchev–Trinajstić information content (AvgIpc) is 2.77. The van der Waals surface area contributed by atoms with Crippen LogP contribution in [0.5, 0.6) is 5.75 Å². The number of carbonyl (C=O) groups is 1. The van der Waals surface area contributed by atoms with Gasteiger partial charge in [-0.15, -0.1) is 0 Å². The summed E-state index contributed by atoms with van der Waals surface area (Å²) >= 11 is 0. The fourth-order valence-electron chi connectivity index (χ4n) is 3.78. The number of halogens is 5. The first-order chi connectivity index (χ1) is 16.3. The van der Waals surface area contributed by atoms with Crippen LogP contribution in [0.3, 0.4) is 0 Å². The number of aromatic carboxylic acids is 1. The summed E-state index contributed by atoms with van der Waals surface area (Å²) in [6, 6.07) is 8.59. The molecule has 0 fully saturated rings. The third kappa shape index (κ3) is 5.26. The lowest BCUT2D eigenvalue weighted by Gasteiger charge is -2.21. The minimum Gasteiger partial charge on any atom is -0.507 e. The molecule has 0 radical (unpaired) electrons. The molecule has 0 heterocycles. The van der Waals surface area contributed by atoms with Gasteiger partial charge in [0, 0.05) is 17.8 Å². The van der Waals surface area contributed by atoms with Crippen molar-refractivity contribution in [2.45, 2.75) is 32.5 Å². The molecule has 0 aromatic heterocycles. The van der Waals surface area contributed by atoms with Crippen LogP contribution >= 0.6 is 0 Å². The lowest BCUT2D eigenvalue weighted by molar-refractivity contribution is -0.138. The average molecular weight is 492 g/mol. The number of anilines is 1. The first kappa shape index (κ1) is 25.7. The highest BCUT2D eigenvalue weighted by atomic mass is 19.4. The van der Waals surface area contributed by atoms with Crippen LogP contribution in [0, 0.1) is 17.0 Å². The van der Waals surface area contributed by atoms with E-state index in [1.807, 2.05) is 0 Å². The molecule has 184 valence electrons. The number of hydrogen-bond acceptors (Lipinski definition) is 4. The molecule has 10 heteroatoms. The quantitative estimate of drug-likeness (QED) is 0.223. The summed E-state index contributed by atoms with van der Waals surface area (Å²) in [5, 5.41) is 30.0. The Hall–Kier alpha value is -3.95. The summed E-state index contributed by atoms with van der Waals surface area (Å²) in [7, 11) is 0. The van der Waals surface area contributed by atoms with Gasteiger partial charge in [0.25, 0.3) is 0 Å². The molecule has 0 unspecified atom stereocenters. The van der Waals surface area contributed by atoms with Gasteiger partial charge in [0.15, 0.2) is 0 Å². The third-order valence-electron chi connectivity index (χ3n) is 5.44. The van der Waals surface area contributed by atoms with Crippen molar-refractivity contribution in [3.8, 4) is 5.75 Å². The molecule has 0 bridgehead atoms. The highest BCUT2D eigenvalue weighted by Crippen LogP contribution is 2.36. The van der Waals surface area contributed by atoms with E-state index in [1.54, 1.807) is 19.9 Å². The fourth-order valence-corrected chi connectivity index (χ4v) is 3.78. The van der Waals surface area contributed by atoms with Crippen molar-refractivity contribution in [1.82, 2.24) is 0 Å². The maximum absolute atomic E-state index is 14.8. The van der Waals surface area contributed by atoms with E-state index in [2.05, 4.69) is 5.32 Å². The van der Waals surface area contributed by atoms with Crippen molar-refractivity contribution in [2.24, 2.45) is 0 Å². The molecule has 0 amide bonds. The summed E-state index contributed by atoms with van der Waals surface area (Å²) in [5.74, 6) is -4.83. The van der Waals surface area contributed by atoms with Crippen LogP contribution in [0.15, 0.2) is 48.5 Å². The molecule has 3 aromatic rings. The van der Waals surface area contributed by atoms with Crippen LogP contribution in [0.25, 0.3) is 0 Å². The topological polar surface area (TPSA) is 93.4 Å². The molecule has 3 aromatic carbocycles. The largest absolute Gasteiger partial charge is 0.507 e. The zero-order valence-electron chi connectivity index (χ0n) is 18.6. The second-order valence-corrected chi connectivity index (χ2v) is 8.07. The third-order valence-corrected chi connectivity index (χ3v) is 5.44. The number of aromatic hydroxyl groups is 1. The Morgan fingerprint density at radius 2 is 1.69 bits per heavy atom. The minimum absolute atomic E-state index is 0.0497. The highest BCUT2D eigenvalue weighted by molar-refractivity contribution is 6.15. The number of benzene rings is 3. The van der Waals surface area contributed by atoms with Crippen molar-refractivity contribution >= 4 is 17.4 Å². The summed E-state index contributed by atoms with van der Waals surface area (Å²) in [4.78, 5) is 11.1. The minimum atomic E-state index is -4.63. The van der Waals surface area contributed by atoms with Gasteiger partial charge in [0.05, 0.1) is 16.8 Å². The number of carboxylic acids is 1. The van der Waals surface area contributed by atoms with E-state index in [0.29, 0.717) is 17.7 Å². The van der Waals surface area contributed by atoms with E-state index in [0.717, 1.165) is 12.1 Å². The van der Waals surface area contributed by atoms with Crippen molar-refractivity contribution < 1.29 is 37.0 Å². The van der Waals surface area contributed by atoms with Crippen molar-refractivity contribution in [3.63, 3.8) is 0 Å². The molecule has 3 rings (SSSR count). The highest BCUT2D eigenvalue weighted by Gasteiger charge is 2.34. The number of rotatable bonds is 7. The van der Waals surface area contributed by atoms with Gasteiger partial charge < -0.3 is 15.5 Å². The number of alkyl halides is 3. The Morgan fingerprint density at radius 1 is 1.03 bits per heavy atom. The first-order valence-corrected chi connectivity index (χ1v) is 10.4. The maximum Gasteiger partial charge on any atom is 0.416 e. The van der Waals surface area contributed by atoms with Gasteiger partial charge in [-0.2, -0.15) is 13.2 Å². The SMILES string of the molecule is CC(C)c1cccc(C(F)(F)F)c1CNc1cccc(F)c1C(=N)c1cc(O)c(C(=O)O)cc1F. The summed E-state index contributed by atoms with van der Waals surface area (Å²) in [5.41, 5.74) is -3.07. The molecular formula is C25H21F5N2O3. The molecule has 35 heavy (non-hydrogen) atoms. The molecule has 4 N–H and O–H groups in total. The van der Waals surface area contributed by atoms with E-state index >= 15 is 0 Å². The van der Waals surface area contributed by atoms with Crippen molar-refractivity contribution in [3.05, 3.63) is 93.5 Å². The number of hydrogen-bond donors (Lipinski definition) is 4. The van der Waals surface area contributed by atoms with Gasteiger partial charge in [-0.1, -0.05) is 32.0 Å². The zero-order chi connectivity index (χ0) is 26.1. The van der Waals surface area contributed by atoms with Gasteiger partial charge in [0.2, 0.25) is 0 Å². The van der Waals surface area contributed by atoms with Crippen LogP contribution in [-0.4, -0.2) is 21.9 Å². The van der Waals surface area contributed by atoms with E-state index in [9.17, 15) is 31.9 Å². The molecular weight excluding hydrogens is 471 g/mol. The molecule has 0 saturated heterocycles. The Bertz CT molecular complexity index is 1300. The molecule has 0 aliphatic carbocycles. The molecule has 0 aliphatic rings. The van der Waals surface area contributed by atoms with Gasteiger partial charge in [-0.05, 0) is 47.4 Å². The van der Waals surface area contributed by atoms with Crippen LogP contribution in [0.2, 0.25) is 0 Å². The normalized spacial score (nSPS) is 11.5. The molecule has 0 atom stereocenters. The van der Waals surface area contributed by atoms with Gasteiger partial charge in [-0.25, -0.2) is 13.6 Å². The van der Waals surface area contributed by atoms with Gasteiger partial charge in [-0.3, -0.25) is 5.41 Å². The lowest BCUT2D eigenvalue weighted by Crippen LogP contribution is -2.17. The lowest BCUT2D eigenvalue weighted by atomic mass is 9.92. The van der Waals surface area contributed by atoms with E-state index in [-0.39, 0.29) is 23.7 Å². The smallest absolute Gasteiger partial charge is 0.416 e. The zero-order valence-corrected chi connectivity index (χ0v) is 18.6. The Balaban J connectivity index is 2.05. The Morgan fingerprint density at radius 3 is 2.29 bits per heavy atom. The van der Waals surface area contributed by atoms with Crippen LogP contribution in [-0.2, 0) is 12.7 Å². The number of phenols is 1. The number of carboxylic acid groups (broad SMARTS) is 1. The maximum atomic E-state index is 14.8. The van der Waals surface area contributed by atoms with Crippen molar-refractivity contribution in [2.75, 3.05) is 5.32 Å². The molecule has 5 nitrogen and oxygen atoms in total. The second-order valence-electron chi connectivity index (χ2n) is 8.07. The van der Waals surface area contributed by atoms with Crippen LogP contribution in [0.4, 0.5) is 27.6 Å². The molecule has 0 saturated carbocycles. The second kappa shape index (κ2) is 9.73. The number of nitrogens with one attached hydrogen (secondary N) is 2. The van der Waals surface area contributed by atoms with Crippen molar-refractivity contribution in [1.29, 1.82) is 5.41 Å². The van der Waals surface area contributed by atoms with Gasteiger partial charge in [0.1, 0.15) is 22.9 Å². The Labute approximate surface area is 197 Å². The van der Waals surface area contributed by atoms with Crippen LogP contribution in [0.1, 0.15) is 57.9 Å². The standard InChI is InChI=1S/C25H21F5N2O3/c1-12(2)13-5-3-6-17(25(28,29)30)16(13)11-32-20-8-4-7-18(26)22(20)23(31)14-10-21(33)15(24(34)35)9-19(14)27/h3-10,12,31-33H,11H2,1-2H3,(H,34,35). The predicted molar refractivity (Wildman–Crippen MR) is 120 cm³/mol. The fraction of sp³-hybridized carbons (Fsp3) is 0.200. The first-order valence-electron chi connectivity index (χ1n) is 10.4. The van der Waals surface area contributed by atoms with E-state index in [1.165, 1.54) is 18.2 Å². The summed E-state index contributed by atoms with van der Waals surface area (Å²) in [6.45, 7) is 3.11. The molecule has 0 spiro atoms. The summed E-state index contributed by atoms with van der Waals surface area (Å²) in [6.07, 6.45) is -4.63. The van der Waals surface area contributed by atoms with Gasteiger partial charge >= 0.3 is 12.1 Å². The summed E-state index contributed by atoms with van der Waals surface area (Å²) < 4.78 is 70.3. The van der Waals surface area contributed by atoms with Crippen LogP contribution < -0.4 is 5.32 Å². The Kier molecular flexibility index (Phi) is 7.14. The van der Waals surface area contributed by atoms with E-state index in [4.69, 9.17) is 10.5 Å². The predicted octanol–water partition coefficient (Wildman–Crippen LogP) is 6.54. The monoisotopic (exact) mass is 492 g/mol. The molecule has 0 aliphatic heterocycles.